The molecule has 0 bridgehead atoms. The molecule has 6 nitrogen and oxygen atoms in total. The molecule has 0 fully saturated rings. The van der Waals surface area contributed by atoms with E-state index in [4.69, 9.17) is 17.3 Å². The maximum atomic E-state index is 12.2. The molecule has 3 aromatic heterocycles. The Morgan fingerprint density at radius 3 is 3.14 bits per heavy atom. The first-order valence-electron chi connectivity index (χ1n) is 6.75. The number of H-pyrrole nitrogens is 1. The lowest BCUT2D eigenvalue weighted by atomic mass is 10.0. The topological polar surface area (TPSA) is 88.7 Å². The molecule has 0 spiro atoms. The maximum absolute atomic E-state index is 12.2. The number of hydrogen-bond donors (Lipinski definition) is 3. The van der Waals surface area contributed by atoms with Crippen LogP contribution in [0.5, 0.6) is 0 Å². The molecule has 0 aliphatic rings. The number of carbonyl (C=O) groups excluding carboxylic acids is 1. The van der Waals surface area contributed by atoms with Crippen LogP contribution in [-0.2, 0) is 6.54 Å². The fourth-order valence-corrected chi connectivity index (χ4v) is 3.35. The summed E-state index contributed by atoms with van der Waals surface area (Å²) in [7, 11) is 0. The van der Waals surface area contributed by atoms with Crippen molar-refractivity contribution in [2.24, 2.45) is 5.73 Å². The van der Waals surface area contributed by atoms with E-state index in [1.54, 1.807) is 16.9 Å². The zero-order chi connectivity index (χ0) is 15.7. The summed E-state index contributed by atoms with van der Waals surface area (Å²) in [6.07, 6.45) is 3.54. The van der Waals surface area contributed by atoms with Crippen molar-refractivity contribution in [1.29, 1.82) is 0 Å². The molecular formula is C14H16ClN5OS. The van der Waals surface area contributed by atoms with Crippen LogP contribution in [0, 0.1) is 0 Å². The summed E-state index contributed by atoms with van der Waals surface area (Å²) in [4.78, 5) is 15.2. The van der Waals surface area contributed by atoms with Crippen LogP contribution in [0.4, 0.5) is 0 Å². The van der Waals surface area contributed by atoms with Gasteiger partial charge in [-0.2, -0.15) is 5.10 Å². The normalized spacial score (nSPS) is 14.1. The summed E-state index contributed by atoms with van der Waals surface area (Å²) < 4.78 is 2.71. The standard InChI is InChI=1S/C14H16ClN5OS/c1-14(16,8-20-4-2-3-18-20)7-17-13(21)10-5-11-12(19-10)9(15)6-22-11/h2-6,19H,7-8,16H2,1H3,(H,17,21). The van der Waals surface area contributed by atoms with Gasteiger partial charge in [-0.3, -0.25) is 9.48 Å². The van der Waals surface area contributed by atoms with Crippen LogP contribution in [0.3, 0.4) is 0 Å². The van der Waals surface area contributed by atoms with Crippen molar-refractivity contribution in [2.75, 3.05) is 6.54 Å². The molecule has 1 unspecified atom stereocenters. The summed E-state index contributed by atoms with van der Waals surface area (Å²) in [5, 5.41) is 9.43. The smallest absolute Gasteiger partial charge is 0.267 e. The average Bonchev–Trinajstić information content (AvgIpc) is 3.15. The predicted octanol–water partition coefficient (Wildman–Crippen LogP) is 2.23. The van der Waals surface area contributed by atoms with Gasteiger partial charge in [0.15, 0.2) is 0 Å². The number of aromatic amines is 1. The number of fused-ring (bicyclic) bond motifs is 1. The number of nitrogens with zero attached hydrogens (tertiary/aromatic N) is 2. The van der Waals surface area contributed by atoms with Crippen LogP contribution in [0.2, 0.25) is 5.02 Å². The van der Waals surface area contributed by atoms with Crippen molar-refractivity contribution in [3.8, 4) is 0 Å². The van der Waals surface area contributed by atoms with Gasteiger partial charge in [0.1, 0.15) is 5.69 Å². The van der Waals surface area contributed by atoms with E-state index in [0.29, 0.717) is 23.8 Å². The van der Waals surface area contributed by atoms with E-state index in [9.17, 15) is 4.79 Å². The molecule has 0 radical (unpaired) electrons. The number of nitrogens with two attached hydrogens (primary N) is 1. The molecule has 1 amide bonds. The van der Waals surface area contributed by atoms with Gasteiger partial charge in [0, 0.05) is 24.3 Å². The number of halogens is 1. The van der Waals surface area contributed by atoms with Crippen LogP contribution >= 0.6 is 22.9 Å². The van der Waals surface area contributed by atoms with Crippen molar-refractivity contribution in [1.82, 2.24) is 20.1 Å². The minimum absolute atomic E-state index is 0.198. The van der Waals surface area contributed by atoms with Crippen molar-refractivity contribution in [3.63, 3.8) is 0 Å². The molecule has 22 heavy (non-hydrogen) atoms. The molecule has 3 heterocycles. The Balaban J connectivity index is 1.63. The molecule has 1 atom stereocenters. The highest BCUT2D eigenvalue weighted by molar-refractivity contribution is 7.17. The molecule has 116 valence electrons. The van der Waals surface area contributed by atoms with Crippen molar-refractivity contribution in [3.05, 3.63) is 40.6 Å². The number of amides is 1. The second-order valence-electron chi connectivity index (χ2n) is 5.55. The van der Waals surface area contributed by atoms with E-state index in [1.165, 1.54) is 11.3 Å². The van der Waals surface area contributed by atoms with Crippen molar-refractivity contribution < 1.29 is 4.79 Å². The Bertz CT molecular complexity index is 789. The zero-order valence-corrected chi connectivity index (χ0v) is 13.5. The van der Waals surface area contributed by atoms with Crippen molar-refractivity contribution in [2.45, 2.75) is 19.0 Å². The van der Waals surface area contributed by atoms with Gasteiger partial charge in [-0.1, -0.05) is 11.6 Å². The van der Waals surface area contributed by atoms with Crippen LogP contribution in [0.1, 0.15) is 17.4 Å². The third-order valence-corrected chi connectivity index (χ3v) is 4.65. The summed E-state index contributed by atoms with van der Waals surface area (Å²) in [5.74, 6) is -0.198. The number of nitrogens with one attached hydrogen (secondary N) is 2. The Kier molecular flexibility index (Phi) is 3.94. The number of aromatic nitrogens is 3. The Hall–Kier alpha value is -1.83. The van der Waals surface area contributed by atoms with Gasteiger partial charge in [0.2, 0.25) is 0 Å². The van der Waals surface area contributed by atoms with Gasteiger partial charge in [-0.05, 0) is 19.1 Å². The van der Waals surface area contributed by atoms with Crippen LogP contribution in [0.15, 0.2) is 29.9 Å². The molecule has 8 heteroatoms. The highest BCUT2D eigenvalue weighted by Crippen LogP contribution is 2.29. The van der Waals surface area contributed by atoms with Gasteiger partial charge in [-0.15, -0.1) is 11.3 Å². The SMILES string of the molecule is CC(N)(CNC(=O)c1cc2scc(Cl)c2[nH]1)Cn1cccn1. The van der Waals surface area contributed by atoms with E-state index in [-0.39, 0.29) is 5.91 Å². The first-order valence-corrected chi connectivity index (χ1v) is 8.01. The summed E-state index contributed by atoms with van der Waals surface area (Å²) >= 11 is 7.54. The second-order valence-corrected chi connectivity index (χ2v) is 6.86. The zero-order valence-electron chi connectivity index (χ0n) is 12.0. The molecule has 4 N–H and O–H groups in total. The highest BCUT2D eigenvalue weighted by atomic mass is 35.5. The van der Waals surface area contributed by atoms with E-state index >= 15 is 0 Å². The largest absolute Gasteiger partial charge is 0.349 e. The van der Waals surface area contributed by atoms with E-state index < -0.39 is 5.54 Å². The van der Waals surface area contributed by atoms with Gasteiger partial charge in [0.25, 0.3) is 5.91 Å². The highest BCUT2D eigenvalue weighted by Gasteiger charge is 2.21. The molecule has 0 saturated heterocycles. The van der Waals surface area contributed by atoms with Gasteiger partial charge in [-0.25, -0.2) is 0 Å². The fourth-order valence-electron chi connectivity index (χ4n) is 2.20. The summed E-state index contributed by atoms with van der Waals surface area (Å²) in [5.41, 5.74) is 6.89. The summed E-state index contributed by atoms with van der Waals surface area (Å²) in [6, 6.07) is 3.63. The van der Waals surface area contributed by atoms with E-state index in [2.05, 4.69) is 15.4 Å². The first-order chi connectivity index (χ1) is 10.4. The van der Waals surface area contributed by atoms with Gasteiger partial charge < -0.3 is 16.0 Å². The number of thiophene rings is 1. The second kappa shape index (κ2) is 5.75. The molecule has 0 aromatic carbocycles. The van der Waals surface area contributed by atoms with Gasteiger partial charge in [0.05, 0.1) is 27.3 Å². The minimum atomic E-state index is -0.594. The van der Waals surface area contributed by atoms with Crippen molar-refractivity contribution >= 4 is 39.1 Å². The molecule has 0 aliphatic heterocycles. The third-order valence-electron chi connectivity index (χ3n) is 3.29. The predicted molar refractivity (Wildman–Crippen MR) is 88.3 cm³/mol. The number of carbonyl (C=O) groups is 1. The maximum Gasteiger partial charge on any atom is 0.267 e. The lowest BCUT2D eigenvalue weighted by Crippen LogP contribution is -2.50. The number of rotatable bonds is 5. The molecular weight excluding hydrogens is 322 g/mol. The van der Waals surface area contributed by atoms with E-state index in [0.717, 1.165) is 10.2 Å². The van der Waals surface area contributed by atoms with Crippen LogP contribution < -0.4 is 11.1 Å². The quantitative estimate of drug-likeness (QED) is 0.667. The minimum Gasteiger partial charge on any atom is -0.349 e. The molecule has 3 aromatic rings. The van der Waals surface area contributed by atoms with E-state index in [1.807, 2.05) is 24.6 Å². The Morgan fingerprint density at radius 1 is 1.64 bits per heavy atom. The monoisotopic (exact) mass is 337 g/mol. The number of hydrogen-bond acceptors (Lipinski definition) is 4. The lowest BCUT2D eigenvalue weighted by Gasteiger charge is -2.24. The lowest BCUT2D eigenvalue weighted by molar-refractivity contribution is 0.0938. The van der Waals surface area contributed by atoms with Crippen LogP contribution in [0.25, 0.3) is 10.2 Å². The Morgan fingerprint density at radius 2 is 2.45 bits per heavy atom. The third kappa shape index (κ3) is 3.16. The average molecular weight is 338 g/mol. The molecule has 3 rings (SSSR count). The van der Waals surface area contributed by atoms with Gasteiger partial charge >= 0.3 is 0 Å². The Labute approximate surface area is 136 Å². The van der Waals surface area contributed by atoms with Crippen LogP contribution in [-0.4, -0.2) is 32.8 Å². The summed E-state index contributed by atoms with van der Waals surface area (Å²) in [6.45, 7) is 2.73. The molecule has 0 saturated carbocycles. The molecule has 0 aliphatic carbocycles. The first kappa shape index (κ1) is 15.1. The fraction of sp³-hybridized carbons (Fsp3) is 0.286.